The molecule has 24 heavy (non-hydrogen) atoms. The largest absolute Gasteiger partial charge is 0.482 e. The molecule has 0 bridgehead atoms. The zero-order chi connectivity index (χ0) is 16.8. The molecule has 2 aromatic carbocycles. The van der Waals surface area contributed by atoms with Crippen molar-refractivity contribution in [2.24, 2.45) is 0 Å². The fraction of sp³-hybridized carbons (Fsp3) is 0.316. The Morgan fingerprint density at radius 3 is 2.58 bits per heavy atom. The van der Waals surface area contributed by atoms with Gasteiger partial charge in [-0.1, -0.05) is 48.0 Å². The third kappa shape index (κ3) is 4.49. The van der Waals surface area contributed by atoms with Gasteiger partial charge in [0, 0.05) is 19.3 Å². The second-order valence-corrected chi connectivity index (χ2v) is 6.16. The van der Waals surface area contributed by atoms with Crippen molar-refractivity contribution in [2.45, 2.75) is 18.9 Å². The van der Waals surface area contributed by atoms with Crippen LogP contribution in [0.2, 0.25) is 5.02 Å². The molecule has 5 heteroatoms. The zero-order valence-electron chi connectivity index (χ0n) is 13.3. The fourth-order valence-corrected chi connectivity index (χ4v) is 2.92. The van der Waals surface area contributed by atoms with Gasteiger partial charge in [0.05, 0.1) is 5.02 Å². The highest BCUT2D eigenvalue weighted by Crippen LogP contribution is 2.30. The molecule has 1 aliphatic rings. The highest BCUT2D eigenvalue weighted by atomic mass is 35.5. The van der Waals surface area contributed by atoms with Crippen molar-refractivity contribution in [3.8, 4) is 16.9 Å². The molecule has 0 spiro atoms. The number of hydrogen-bond acceptors (Lipinski definition) is 3. The van der Waals surface area contributed by atoms with Gasteiger partial charge in [-0.2, -0.15) is 0 Å². The third-order valence-corrected chi connectivity index (χ3v) is 4.28. The summed E-state index contributed by atoms with van der Waals surface area (Å²) in [6.45, 7) is 1.35. The summed E-state index contributed by atoms with van der Waals surface area (Å²) in [6, 6.07) is 15.7. The summed E-state index contributed by atoms with van der Waals surface area (Å²) in [7, 11) is 0. The molecular formula is C19H20ClNO3. The molecule has 1 fully saturated rings. The monoisotopic (exact) mass is 345 g/mol. The molecule has 3 rings (SSSR count). The smallest absolute Gasteiger partial charge is 0.258 e. The minimum absolute atomic E-state index is 0.0399. The van der Waals surface area contributed by atoms with E-state index in [9.17, 15) is 4.79 Å². The molecule has 0 aromatic heterocycles. The summed E-state index contributed by atoms with van der Waals surface area (Å²) >= 11 is 6.28. The predicted molar refractivity (Wildman–Crippen MR) is 94.4 cm³/mol. The van der Waals surface area contributed by atoms with Crippen LogP contribution in [0.1, 0.15) is 12.8 Å². The molecule has 2 aromatic rings. The van der Waals surface area contributed by atoms with Crippen LogP contribution in [0.4, 0.5) is 0 Å². The van der Waals surface area contributed by atoms with Gasteiger partial charge in [-0.15, -0.1) is 0 Å². The molecule has 0 saturated carbocycles. The Morgan fingerprint density at radius 1 is 1.12 bits per heavy atom. The van der Waals surface area contributed by atoms with Crippen LogP contribution in [0.25, 0.3) is 11.1 Å². The highest BCUT2D eigenvalue weighted by Gasteiger charge is 2.16. The third-order valence-electron chi connectivity index (χ3n) is 3.98. The van der Waals surface area contributed by atoms with E-state index in [4.69, 9.17) is 21.1 Å². The maximum Gasteiger partial charge on any atom is 0.258 e. The van der Waals surface area contributed by atoms with E-state index in [1.807, 2.05) is 42.5 Å². The van der Waals surface area contributed by atoms with Crippen LogP contribution in [0.3, 0.4) is 0 Å². The maximum absolute atomic E-state index is 12.0. The van der Waals surface area contributed by atoms with Crippen molar-refractivity contribution in [1.82, 2.24) is 5.32 Å². The van der Waals surface area contributed by atoms with E-state index < -0.39 is 0 Å². The molecular weight excluding hydrogens is 326 g/mol. The first kappa shape index (κ1) is 16.8. The summed E-state index contributed by atoms with van der Waals surface area (Å²) in [6.07, 6.45) is 1.69. The van der Waals surface area contributed by atoms with Gasteiger partial charge in [0.15, 0.2) is 6.61 Å². The van der Waals surface area contributed by atoms with Gasteiger partial charge >= 0.3 is 0 Å². The number of carbonyl (C=O) groups is 1. The van der Waals surface area contributed by atoms with E-state index >= 15 is 0 Å². The van der Waals surface area contributed by atoms with E-state index in [0.29, 0.717) is 24.0 Å². The fourth-order valence-electron chi connectivity index (χ4n) is 2.68. The first-order valence-corrected chi connectivity index (χ1v) is 8.45. The Kier molecular flexibility index (Phi) is 5.72. The maximum atomic E-state index is 12.0. The summed E-state index contributed by atoms with van der Waals surface area (Å²) < 4.78 is 10.8. The van der Waals surface area contributed by atoms with Crippen LogP contribution in [0, 0.1) is 0 Å². The van der Waals surface area contributed by atoms with E-state index in [0.717, 1.165) is 24.0 Å². The van der Waals surface area contributed by atoms with Crippen LogP contribution < -0.4 is 10.1 Å². The molecule has 1 aliphatic heterocycles. The molecule has 1 heterocycles. The first-order chi connectivity index (χ1) is 11.7. The van der Waals surface area contributed by atoms with Crippen molar-refractivity contribution >= 4 is 17.5 Å². The summed E-state index contributed by atoms with van der Waals surface area (Å²) in [5.41, 5.74) is 2.10. The van der Waals surface area contributed by atoms with Crippen LogP contribution >= 0.6 is 11.6 Å². The van der Waals surface area contributed by atoms with Crippen molar-refractivity contribution in [3.05, 3.63) is 53.6 Å². The Morgan fingerprint density at radius 2 is 1.88 bits per heavy atom. The number of halogens is 1. The number of nitrogens with one attached hydrogen (secondary N) is 1. The lowest BCUT2D eigenvalue weighted by Crippen LogP contribution is -2.41. The quantitative estimate of drug-likeness (QED) is 0.899. The van der Waals surface area contributed by atoms with Crippen LogP contribution in [0.15, 0.2) is 48.5 Å². The number of rotatable bonds is 5. The van der Waals surface area contributed by atoms with Crippen molar-refractivity contribution in [1.29, 1.82) is 0 Å². The van der Waals surface area contributed by atoms with Gasteiger partial charge < -0.3 is 14.8 Å². The summed E-state index contributed by atoms with van der Waals surface area (Å²) in [5.74, 6) is 0.378. The number of benzene rings is 2. The molecule has 4 nitrogen and oxygen atoms in total. The molecule has 0 atom stereocenters. The minimum atomic E-state index is -0.134. The van der Waals surface area contributed by atoms with Gasteiger partial charge in [-0.05, 0) is 36.1 Å². The standard InChI is InChI=1S/C19H20ClNO3/c20-17-12-15(14-4-2-1-3-5-14)6-7-18(17)24-13-19(22)21-16-8-10-23-11-9-16/h1-7,12,16H,8-11,13H2,(H,21,22). The lowest BCUT2D eigenvalue weighted by Gasteiger charge is -2.23. The summed E-state index contributed by atoms with van der Waals surface area (Å²) in [4.78, 5) is 12.0. The molecule has 0 unspecified atom stereocenters. The van der Waals surface area contributed by atoms with Gasteiger partial charge in [0.1, 0.15) is 5.75 Å². The Labute approximate surface area is 146 Å². The minimum Gasteiger partial charge on any atom is -0.482 e. The second-order valence-electron chi connectivity index (χ2n) is 5.75. The van der Waals surface area contributed by atoms with Gasteiger partial charge in [0.25, 0.3) is 5.91 Å². The lowest BCUT2D eigenvalue weighted by molar-refractivity contribution is -0.124. The van der Waals surface area contributed by atoms with E-state index in [1.54, 1.807) is 6.07 Å². The molecule has 0 aliphatic carbocycles. The number of ether oxygens (including phenoxy) is 2. The molecule has 1 N–H and O–H groups in total. The van der Waals surface area contributed by atoms with E-state index in [1.165, 1.54) is 0 Å². The summed E-state index contributed by atoms with van der Waals surface area (Å²) in [5, 5.41) is 3.45. The number of carbonyl (C=O) groups excluding carboxylic acids is 1. The normalized spacial score (nSPS) is 15.0. The van der Waals surface area contributed by atoms with Crippen LogP contribution in [-0.2, 0) is 9.53 Å². The van der Waals surface area contributed by atoms with Crippen molar-refractivity contribution in [3.63, 3.8) is 0 Å². The number of amides is 1. The van der Waals surface area contributed by atoms with Crippen LogP contribution in [0.5, 0.6) is 5.75 Å². The lowest BCUT2D eigenvalue weighted by atomic mass is 10.1. The topological polar surface area (TPSA) is 47.6 Å². The molecule has 126 valence electrons. The first-order valence-electron chi connectivity index (χ1n) is 8.07. The zero-order valence-corrected chi connectivity index (χ0v) is 14.1. The van der Waals surface area contributed by atoms with Crippen molar-refractivity contribution in [2.75, 3.05) is 19.8 Å². The van der Waals surface area contributed by atoms with E-state index in [-0.39, 0.29) is 18.6 Å². The Bertz CT molecular complexity index is 684. The average molecular weight is 346 g/mol. The molecule has 0 radical (unpaired) electrons. The SMILES string of the molecule is O=C(COc1ccc(-c2ccccc2)cc1Cl)NC1CCOCC1. The average Bonchev–Trinajstić information content (AvgIpc) is 2.62. The van der Waals surface area contributed by atoms with Gasteiger partial charge in [-0.25, -0.2) is 0 Å². The molecule has 1 amide bonds. The predicted octanol–water partition coefficient (Wildman–Crippen LogP) is 3.68. The Balaban J connectivity index is 1.56. The highest BCUT2D eigenvalue weighted by molar-refractivity contribution is 6.32. The van der Waals surface area contributed by atoms with Crippen LogP contribution in [-0.4, -0.2) is 31.8 Å². The van der Waals surface area contributed by atoms with Gasteiger partial charge in [-0.3, -0.25) is 4.79 Å². The van der Waals surface area contributed by atoms with Gasteiger partial charge in [0.2, 0.25) is 0 Å². The number of hydrogen-bond donors (Lipinski definition) is 1. The Hall–Kier alpha value is -2.04. The van der Waals surface area contributed by atoms with E-state index in [2.05, 4.69) is 5.32 Å². The second kappa shape index (κ2) is 8.18. The molecule has 1 saturated heterocycles. The van der Waals surface area contributed by atoms with Crippen molar-refractivity contribution < 1.29 is 14.3 Å².